The maximum atomic E-state index is 5.81. The average Bonchev–Trinajstić information content (AvgIpc) is 2.25. The SMILES string of the molecule is Cc1c(N)nc(N)nc1C1CCN(C)CC1. The molecule has 1 fully saturated rings. The summed E-state index contributed by atoms with van der Waals surface area (Å²) in [6.07, 6.45) is 2.24. The minimum absolute atomic E-state index is 0.289. The first kappa shape index (κ1) is 11.1. The number of aromatic nitrogens is 2. The fourth-order valence-corrected chi connectivity index (χ4v) is 2.25. The van der Waals surface area contributed by atoms with E-state index in [1.54, 1.807) is 0 Å². The van der Waals surface area contributed by atoms with E-state index in [0.717, 1.165) is 37.2 Å². The molecule has 1 aromatic heterocycles. The Morgan fingerprint density at radius 2 is 1.81 bits per heavy atom. The van der Waals surface area contributed by atoms with Crippen LogP contribution in [0.25, 0.3) is 0 Å². The number of hydrogen-bond donors (Lipinski definition) is 2. The van der Waals surface area contributed by atoms with E-state index in [1.807, 2.05) is 6.92 Å². The van der Waals surface area contributed by atoms with Crippen LogP contribution in [0.4, 0.5) is 11.8 Å². The third kappa shape index (κ3) is 2.09. The number of hydrogen-bond acceptors (Lipinski definition) is 5. The van der Waals surface area contributed by atoms with Gasteiger partial charge in [0, 0.05) is 11.5 Å². The fourth-order valence-electron chi connectivity index (χ4n) is 2.25. The lowest BCUT2D eigenvalue weighted by molar-refractivity contribution is 0.253. The zero-order valence-corrected chi connectivity index (χ0v) is 9.90. The summed E-state index contributed by atoms with van der Waals surface area (Å²) in [5, 5.41) is 0. The van der Waals surface area contributed by atoms with Crippen LogP contribution in [0.3, 0.4) is 0 Å². The van der Waals surface area contributed by atoms with E-state index >= 15 is 0 Å². The molecule has 16 heavy (non-hydrogen) atoms. The van der Waals surface area contributed by atoms with E-state index in [0.29, 0.717) is 11.7 Å². The van der Waals surface area contributed by atoms with Gasteiger partial charge in [0.15, 0.2) is 0 Å². The summed E-state index contributed by atoms with van der Waals surface area (Å²) < 4.78 is 0. The first-order valence-electron chi connectivity index (χ1n) is 5.66. The standard InChI is InChI=1S/C11H19N5/c1-7-9(14-11(13)15-10(7)12)8-3-5-16(2)6-4-8/h8H,3-6H2,1-2H3,(H4,12,13,14,15). The van der Waals surface area contributed by atoms with Crippen LogP contribution in [-0.4, -0.2) is 35.0 Å². The average molecular weight is 221 g/mol. The van der Waals surface area contributed by atoms with Crippen LogP contribution in [0.15, 0.2) is 0 Å². The first-order valence-corrected chi connectivity index (χ1v) is 5.66. The summed E-state index contributed by atoms with van der Waals surface area (Å²) in [7, 11) is 2.14. The molecule has 1 saturated heterocycles. The number of rotatable bonds is 1. The molecule has 0 unspecified atom stereocenters. The Bertz CT molecular complexity index is 382. The normalized spacial score (nSPS) is 18.9. The number of nitrogen functional groups attached to an aromatic ring is 2. The highest BCUT2D eigenvalue weighted by Crippen LogP contribution is 2.30. The minimum Gasteiger partial charge on any atom is -0.383 e. The molecule has 2 heterocycles. The van der Waals surface area contributed by atoms with Crippen LogP contribution in [0, 0.1) is 6.92 Å². The Balaban J connectivity index is 2.26. The number of nitrogens with two attached hydrogens (primary N) is 2. The summed E-state index contributed by atoms with van der Waals surface area (Å²) >= 11 is 0. The molecule has 0 amide bonds. The predicted molar refractivity (Wildman–Crippen MR) is 65.1 cm³/mol. The first-order chi connectivity index (χ1) is 7.58. The largest absolute Gasteiger partial charge is 0.383 e. The summed E-state index contributed by atoms with van der Waals surface area (Å²) in [5.74, 6) is 1.28. The molecular weight excluding hydrogens is 202 g/mol. The van der Waals surface area contributed by atoms with Gasteiger partial charge in [0.05, 0.1) is 5.69 Å². The van der Waals surface area contributed by atoms with E-state index in [1.165, 1.54) is 0 Å². The van der Waals surface area contributed by atoms with Crippen molar-refractivity contribution in [2.24, 2.45) is 0 Å². The van der Waals surface area contributed by atoms with Crippen LogP contribution in [-0.2, 0) is 0 Å². The molecular formula is C11H19N5. The highest BCUT2D eigenvalue weighted by molar-refractivity contribution is 5.46. The van der Waals surface area contributed by atoms with Gasteiger partial charge in [0.25, 0.3) is 0 Å². The van der Waals surface area contributed by atoms with E-state index < -0.39 is 0 Å². The molecule has 2 rings (SSSR count). The zero-order valence-electron chi connectivity index (χ0n) is 9.90. The molecule has 1 aliphatic rings. The van der Waals surface area contributed by atoms with Gasteiger partial charge in [-0.2, -0.15) is 4.98 Å². The molecule has 0 radical (unpaired) electrons. The van der Waals surface area contributed by atoms with Crippen molar-refractivity contribution < 1.29 is 0 Å². The van der Waals surface area contributed by atoms with E-state index in [2.05, 4.69) is 21.9 Å². The topological polar surface area (TPSA) is 81.1 Å². The summed E-state index contributed by atoms with van der Waals surface area (Å²) in [6.45, 7) is 4.18. The van der Waals surface area contributed by atoms with Crippen molar-refractivity contribution in [3.63, 3.8) is 0 Å². The molecule has 1 aliphatic heterocycles. The van der Waals surface area contributed by atoms with Crippen molar-refractivity contribution in [3.05, 3.63) is 11.3 Å². The highest BCUT2D eigenvalue weighted by Gasteiger charge is 2.22. The van der Waals surface area contributed by atoms with Gasteiger partial charge < -0.3 is 16.4 Å². The maximum absolute atomic E-state index is 5.81. The van der Waals surface area contributed by atoms with Crippen molar-refractivity contribution in [3.8, 4) is 0 Å². The van der Waals surface area contributed by atoms with Gasteiger partial charge in [-0.05, 0) is 39.9 Å². The van der Waals surface area contributed by atoms with E-state index in [9.17, 15) is 0 Å². The van der Waals surface area contributed by atoms with E-state index in [-0.39, 0.29) is 5.95 Å². The molecule has 0 aromatic carbocycles. The second-order valence-electron chi connectivity index (χ2n) is 4.55. The van der Waals surface area contributed by atoms with Crippen LogP contribution in [0.5, 0.6) is 0 Å². The van der Waals surface area contributed by atoms with Crippen LogP contribution in [0.2, 0.25) is 0 Å². The van der Waals surface area contributed by atoms with Gasteiger partial charge in [0.2, 0.25) is 5.95 Å². The number of likely N-dealkylation sites (tertiary alicyclic amines) is 1. The lowest BCUT2D eigenvalue weighted by atomic mass is 9.91. The molecule has 4 N–H and O–H groups in total. The number of piperidine rings is 1. The molecule has 0 atom stereocenters. The van der Waals surface area contributed by atoms with Crippen molar-refractivity contribution >= 4 is 11.8 Å². The maximum Gasteiger partial charge on any atom is 0.222 e. The Morgan fingerprint density at radius 3 is 2.44 bits per heavy atom. The Hall–Kier alpha value is -1.36. The fraction of sp³-hybridized carbons (Fsp3) is 0.636. The van der Waals surface area contributed by atoms with Gasteiger partial charge in [-0.1, -0.05) is 0 Å². The summed E-state index contributed by atoms with van der Waals surface area (Å²) in [4.78, 5) is 10.7. The van der Waals surface area contributed by atoms with Gasteiger partial charge in [-0.15, -0.1) is 0 Å². The van der Waals surface area contributed by atoms with Gasteiger partial charge in [-0.25, -0.2) is 4.98 Å². The Kier molecular flexibility index (Phi) is 2.96. The molecule has 0 spiro atoms. The quantitative estimate of drug-likeness (QED) is 0.731. The molecule has 88 valence electrons. The second-order valence-corrected chi connectivity index (χ2v) is 4.55. The van der Waals surface area contributed by atoms with Crippen LogP contribution < -0.4 is 11.5 Å². The number of nitrogens with zero attached hydrogens (tertiary/aromatic N) is 3. The van der Waals surface area contributed by atoms with Crippen molar-refractivity contribution in [2.75, 3.05) is 31.6 Å². The van der Waals surface area contributed by atoms with Gasteiger partial charge >= 0.3 is 0 Å². The Labute approximate surface area is 95.9 Å². The smallest absolute Gasteiger partial charge is 0.222 e. The van der Waals surface area contributed by atoms with Gasteiger partial charge in [-0.3, -0.25) is 0 Å². The zero-order chi connectivity index (χ0) is 11.7. The lowest BCUT2D eigenvalue weighted by Crippen LogP contribution is -2.30. The van der Waals surface area contributed by atoms with E-state index in [4.69, 9.17) is 11.5 Å². The summed E-state index contributed by atoms with van der Waals surface area (Å²) in [6, 6.07) is 0. The third-order valence-corrected chi connectivity index (χ3v) is 3.34. The van der Waals surface area contributed by atoms with Gasteiger partial charge in [0.1, 0.15) is 5.82 Å². The molecule has 1 aromatic rings. The number of anilines is 2. The van der Waals surface area contributed by atoms with Crippen molar-refractivity contribution in [1.82, 2.24) is 14.9 Å². The van der Waals surface area contributed by atoms with Crippen molar-refractivity contribution in [2.45, 2.75) is 25.7 Å². The van der Waals surface area contributed by atoms with Crippen molar-refractivity contribution in [1.29, 1.82) is 0 Å². The predicted octanol–water partition coefficient (Wildman–Crippen LogP) is 0.759. The monoisotopic (exact) mass is 221 g/mol. The molecule has 0 bridgehead atoms. The third-order valence-electron chi connectivity index (χ3n) is 3.34. The second kappa shape index (κ2) is 4.25. The molecule has 5 nitrogen and oxygen atoms in total. The highest BCUT2D eigenvalue weighted by atomic mass is 15.1. The minimum atomic E-state index is 0.289. The van der Waals surface area contributed by atoms with Crippen LogP contribution >= 0.6 is 0 Å². The molecule has 0 aliphatic carbocycles. The van der Waals surface area contributed by atoms with Crippen LogP contribution in [0.1, 0.15) is 30.0 Å². The molecule has 0 saturated carbocycles. The lowest BCUT2D eigenvalue weighted by Gasteiger charge is -2.29. The summed E-state index contributed by atoms with van der Waals surface area (Å²) in [5.41, 5.74) is 13.5. The Morgan fingerprint density at radius 1 is 1.19 bits per heavy atom. The molecule has 5 heteroatoms.